The van der Waals surface area contributed by atoms with Crippen molar-refractivity contribution >= 4 is 95.7 Å². The summed E-state index contributed by atoms with van der Waals surface area (Å²) < 4.78 is 9.00. The van der Waals surface area contributed by atoms with Gasteiger partial charge in [0.25, 0.3) is 0 Å². The zero-order chi connectivity index (χ0) is 41.0. The smallest absolute Gasteiger partial charge is 0.249 e. The molecular formula is C56H45BN2OS. The first-order chi connectivity index (χ1) is 29.8. The lowest BCUT2D eigenvalue weighted by Crippen LogP contribution is -2.60. The number of benzene rings is 8. The fourth-order valence-corrected chi connectivity index (χ4v) is 11.4. The lowest BCUT2D eigenvalue weighted by atomic mass is 9.34. The third-order valence-electron chi connectivity index (χ3n) is 13.2. The van der Waals surface area contributed by atoms with Gasteiger partial charge in [-0.2, -0.15) is 0 Å². The highest BCUT2D eigenvalue weighted by molar-refractivity contribution is 8.00. The Morgan fingerprint density at radius 3 is 2.03 bits per heavy atom. The minimum atomic E-state index is -0.0639. The van der Waals surface area contributed by atoms with Crippen LogP contribution in [0.3, 0.4) is 0 Å². The molecule has 0 fully saturated rings. The van der Waals surface area contributed by atoms with E-state index in [0.717, 1.165) is 41.2 Å². The number of nitrogens with zero attached hydrogens (tertiary/aromatic N) is 2. The zero-order valence-corrected chi connectivity index (χ0v) is 35.8. The Morgan fingerprint density at radius 2 is 1.28 bits per heavy atom. The molecule has 0 spiro atoms. The number of rotatable bonds is 6. The predicted molar refractivity (Wildman–Crippen MR) is 261 cm³/mol. The highest BCUT2D eigenvalue weighted by Gasteiger charge is 2.42. The van der Waals surface area contributed by atoms with Crippen molar-refractivity contribution in [2.45, 2.75) is 62.2 Å². The van der Waals surface area contributed by atoms with E-state index in [2.05, 4.69) is 201 Å². The van der Waals surface area contributed by atoms with Gasteiger partial charge in [0.1, 0.15) is 11.2 Å². The van der Waals surface area contributed by atoms with Gasteiger partial charge >= 0.3 is 0 Å². The lowest BCUT2D eigenvalue weighted by Gasteiger charge is -2.42. The van der Waals surface area contributed by atoms with Crippen molar-refractivity contribution in [3.05, 3.63) is 175 Å². The van der Waals surface area contributed by atoms with Crippen molar-refractivity contribution in [3.63, 3.8) is 0 Å². The summed E-state index contributed by atoms with van der Waals surface area (Å²) in [6.07, 6.45) is 3.20. The topological polar surface area (TPSA) is 21.3 Å². The van der Waals surface area contributed by atoms with E-state index in [1.54, 1.807) is 0 Å². The van der Waals surface area contributed by atoms with Gasteiger partial charge in [-0.3, -0.25) is 0 Å². The molecule has 3 nitrogen and oxygen atoms in total. The number of unbranched alkanes of at least 4 members (excludes halogenated alkanes) is 1. The first kappa shape index (κ1) is 36.4. The molecule has 0 aliphatic carbocycles. The summed E-state index contributed by atoms with van der Waals surface area (Å²) in [6, 6.07) is 61.3. The maximum Gasteiger partial charge on any atom is 0.249 e. The Labute approximate surface area is 361 Å². The second kappa shape index (κ2) is 13.8. The second-order valence-corrected chi connectivity index (χ2v) is 19.0. The van der Waals surface area contributed by atoms with Crippen LogP contribution in [0.4, 0.5) is 17.1 Å². The number of aryl methyl sites for hydroxylation is 1. The van der Waals surface area contributed by atoms with Gasteiger partial charge in [-0.15, -0.1) is 0 Å². The van der Waals surface area contributed by atoms with Crippen molar-refractivity contribution in [1.29, 1.82) is 0 Å². The van der Waals surface area contributed by atoms with E-state index in [1.807, 2.05) is 11.8 Å². The number of furan rings is 1. The van der Waals surface area contributed by atoms with Crippen LogP contribution in [-0.4, -0.2) is 11.3 Å². The molecule has 10 aromatic rings. The van der Waals surface area contributed by atoms with E-state index in [-0.39, 0.29) is 12.1 Å². The molecule has 8 aromatic carbocycles. The average molecular weight is 805 g/mol. The standard InChI is InChI=1S/C56H45BN2OS/c1-5-6-16-37-30-52-43(42-21-12-15-24-51(42)60-52)34-49(37)59-48-28-25-36(35-17-8-7-9-18-35)29-45(48)57-44-27-26-39(58-46-22-13-10-19-40(46)41-20-11-14-23-47(41)58)33-53(44)61-54-32-38(56(2,3)4)31-50(59)55(54)57/h7-15,17-34H,5-6,16H2,1-4H3. The highest BCUT2D eigenvalue weighted by atomic mass is 32.2. The van der Waals surface area contributed by atoms with Gasteiger partial charge in [0, 0.05) is 48.4 Å². The second-order valence-electron chi connectivity index (χ2n) is 17.9. The minimum absolute atomic E-state index is 0.0509. The van der Waals surface area contributed by atoms with Crippen molar-refractivity contribution in [3.8, 4) is 16.8 Å². The van der Waals surface area contributed by atoms with Crippen molar-refractivity contribution in [2.24, 2.45) is 0 Å². The maximum absolute atomic E-state index is 6.54. The van der Waals surface area contributed by atoms with E-state index >= 15 is 0 Å². The lowest BCUT2D eigenvalue weighted by molar-refractivity contribution is 0.589. The molecule has 0 N–H and O–H groups in total. The van der Waals surface area contributed by atoms with Crippen molar-refractivity contribution in [1.82, 2.24) is 4.57 Å². The van der Waals surface area contributed by atoms with Crippen LogP contribution in [0, 0.1) is 0 Å². The van der Waals surface area contributed by atoms with Crippen LogP contribution in [0.2, 0.25) is 0 Å². The van der Waals surface area contributed by atoms with Crippen LogP contribution in [0.15, 0.2) is 178 Å². The summed E-state index contributed by atoms with van der Waals surface area (Å²) in [5.41, 5.74) is 18.5. The quantitative estimate of drug-likeness (QED) is 0.156. The Morgan fingerprint density at radius 1 is 0.557 bits per heavy atom. The van der Waals surface area contributed by atoms with E-state index in [4.69, 9.17) is 4.42 Å². The molecule has 0 amide bonds. The summed E-state index contributed by atoms with van der Waals surface area (Å²) in [5, 5.41) is 4.88. The molecule has 0 saturated carbocycles. The first-order valence-corrected chi connectivity index (χ1v) is 22.6. The first-order valence-electron chi connectivity index (χ1n) is 21.8. The van der Waals surface area contributed by atoms with Gasteiger partial charge in [0.15, 0.2) is 0 Å². The Kier molecular flexibility index (Phi) is 8.24. The number of hydrogen-bond acceptors (Lipinski definition) is 3. The number of fused-ring (bicyclic) bond motifs is 10. The number of aromatic nitrogens is 1. The molecule has 0 bridgehead atoms. The highest BCUT2D eigenvalue weighted by Crippen LogP contribution is 2.47. The molecule has 61 heavy (non-hydrogen) atoms. The molecule has 4 heterocycles. The molecule has 12 rings (SSSR count). The third kappa shape index (κ3) is 5.67. The van der Waals surface area contributed by atoms with Gasteiger partial charge < -0.3 is 13.9 Å². The van der Waals surface area contributed by atoms with Crippen LogP contribution >= 0.6 is 11.8 Å². The monoisotopic (exact) mass is 804 g/mol. The van der Waals surface area contributed by atoms with Gasteiger partial charge in [0.2, 0.25) is 6.71 Å². The molecule has 294 valence electrons. The van der Waals surface area contributed by atoms with E-state index in [1.165, 1.54) is 93.0 Å². The van der Waals surface area contributed by atoms with E-state index in [9.17, 15) is 0 Å². The van der Waals surface area contributed by atoms with E-state index < -0.39 is 0 Å². The summed E-state index contributed by atoms with van der Waals surface area (Å²) in [5.74, 6) is 0. The molecule has 2 aromatic heterocycles. The number of hydrogen-bond donors (Lipinski definition) is 0. The van der Waals surface area contributed by atoms with Gasteiger partial charge in [-0.25, -0.2) is 0 Å². The fraction of sp³-hybridized carbons (Fsp3) is 0.143. The van der Waals surface area contributed by atoms with Crippen LogP contribution in [0.1, 0.15) is 51.7 Å². The zero-order valence-electron chi connectivity index (χ0n) is 35.0. The maximum atomic E-state index is 6.54. The SMILES string of the molecule is CCCCc1cc2oc3ccccc3c2cc1N1c2ccc(-c3ccccc3)cc2B2c3ccc(-n4c5ccccc5c5ccccc54)cc3Sc3cc(C(C)(C)C)cc1c32. The summed E-state index contributed by atoms with van der Waals surface area (Å²) in [6.45, 7) is 9.39. The van der Waals surface area contributed by atoms with Crippen molar-refractivity contribution < 1.29 is 4.42 Å². The van der Waals surface area contributed by atoms with Crippen LogP contribution < -0.4 is 21.3 Å². The third-order valence-corrected chi connectivity index (χ3v) is 14.3. The summed E-state index contributed by atoms with van der Waals surface area (Å²) >= 11 is 1.94. The fourth-order valence-electron chi connectivity index (χ4n) is 10.2. The molecule has 0 radical (unpaired) electrons. The molecule has 2 aliphatic heterocycles. The Balaban J connectivity index is 1.14. The molecule has 5 heteroatoms. The predicted octanol–water partition coefficient (Wildman–Crippen LogP) is 13.8. The van der Waals surface area contributed by atoms with Crippen LogP contribution in [0.25, 0.3) is 60.6 Å². The molecule has 0 atom stereocenters. The van der Waals surface area contributed by atoms with Gasteiger partial charge in [-0.1, -0.05) is 154 Å². The largest absolute Gasteiger partial charge is 0.456 e. The molecule has 2 aliphatic rings. The molecular weight excluding hydrogens is 760 g/mol. The Bertz CT molecular complexity index is 3340. The van der Waals surface area contributed by atoms with Crippen LogP contribution in [-0.2, 0) is 11.8 Å². The Hall–Kier alpha value is -6.43. The normalized spacial score (nSPS) is 13.3. The number of para-hydroxylation sites is 3. The minimum Gasteiger partial charge on any atom is -0.456 e. The van der Waals surface area contributed by atoms with Gasteiger partial charge in [0.05, 0.1) is 16.7 Å². The molecule has 0 unspecified atom stereocenters. The van der Waals surface area contributed by atoms with Gasteiger partial charge in [-0.05, 0) is 112 Å². The summed E-state index contributed by atoms with van der Waals surface area (Å²) in [4.78, 5) is 5.28. The number of anilines is 3. The van der Waals surface area contributed by atoms with Crippen molar-refractivity contribution in [2.75, 3.05) is 4.90 Å². The van der Waals surface area contributed by atoms with Crippen LogP contribution in [0.5, 0.6) is 0 Å². The average Bonchev–Trinajstić information content (AvgIpc) is 3.82. The molecule has 0 saturated heterocycles. The van der Waals surface area contributed by atoms with E-state index in [0.29, 0.717) is 0 Å². The summed E-state index contributed by atoms with van der Waals surface area (Å²) in [7, 11) is 0.